The zero-order valence-corrected chi connectivity index (χ0v) is 27.4. The van der Waals surface area contributed by atoms with Gasteiger partial charge >= 0.3 is 0 Å². The van der Waals surface area contributed by atoms with Gasteiger partial charge in [-0.1, -0.05) is 23.8 Å². The van der Waals surface area contributed by atoms with E-state index in [9.17, 15) is 22.4 Å². The van der Waals surface area contributed by atoms with Crippen LogP contribution in [0, 0.1) is 12.7 Å². The van der Waals surface area contributed by atoms with E-state index in [1.807, 2.05) is 27.1 Å². The molecule has 1 aliphatic heterocycles. The van der Waals surface area contributed by atoms with Gasteiger partial charge in [0.25, 0.3) is 15.9 Å². The number of rotatable bonds is 10. The number of amides is 2. The minimum absolute atomic E-state index is 0.00415. The zero-order valence-electron chi connectivity index (χ0n) is 26.6. The van der Waals surface area contributed by atoms with Crippen molar-refractivity contribution in [2.45, 2.75) is 18.2 Å². The minimum Gasteiger partial charge on any atom is -0.495 e. The van der Waals surface area contributed by atoms with E-state index >= 15 is 0 Å². The van der Waals surface area contributed by atoms with E-state index in [4.69, 9.17) is 10.5 Å². The molecule has 6 rings (SSSR count). The molecule has 3 aromatic carbocycles. The predicted molar refractivity (Wildman–Crippen MR) is 180 cm³/mol. The molecule has 5 aromatic rings. The summed E-state index contributed by atoms with van der Waals surface area (Å²) in [5.41, 5.74) is 8.03. The molecule has 248 valence electrons. The Bertz CT molecular complexity index is 2180. The zero-order chi connectivity index (χ0) is 34.3. The Morgan fingerprint density at radius 2 is 1.79 bits per heavy atom. The number of hydrogen-bond donors (Lipinski definition) is 3. The maximum atomic E-state index is 14.7. The average molecular weight is 673 g/mol. The first-order valence-corrected chi connectivity index (χ1v) is 16.3. The summed E-state index contributed by atoms with van der Waals surface area (Å²) in [5, 5.41) is 6.35. The van der Waals surface area contributed by atoms with Crippen molar-refractivity contribution >= 4 is 61.7 Å². The number of carbonyl (C=O) groups excluding carboxylic acids is 2. The second-order valence-corrected chi connectivity index (χ2v) is 13.4. The van der Waals surface area contributed by atoms with Crippen LogP contribution in [0.3, 0.4) is 0 Å². The van der Waals surface area contributed by atoms with Crippen LogP contribution >= 0.6 is 0 Å². The number of hydrogen-bond acceptors (Lipinski definition) is 10. The Labute approximate surface area is 276 Å². The minimum atomic E-state index is -4.13. The molecule has 1 aliphatic rings. The van der Waals surface area contributed by atoms with Crippen LogP contribution in [0.25, 0.3) is 11.0 Å². The van der Waals surface area contributed by atoms with Gasteiger partial charge in [0.1, 0.15) is 17.4 Å². The third-order valence-electron chi connectivity index (χ3n) is 7.90. The molecule has 15 heteroatoms. The number of fused-ring (bicyclic) bond motifs is 2. The molecule has 0 atom stereocenters. The molecule has 0 unspecified atom stereocenters. The average Bonchev–Trinajstić information content (AvgIpc) is 3.65. The molecule has 48 heavy (non-hydrogen) atoms. The Balaban J connectivity index is 1.50. The van der Waals surface area contributed by atoms with Gasteiger partial charge in [0, 0.05) is 18.4 Å². The van der Waals surface area contributed by atoms with Gasteiger partial charge in [-0.15, -0.1) is 0 Å². The number of aromatic nitrogens is 3. The Kier molecular flexibility index (Phi) is 8.49. The lowest BCUT2D eigenvalue weighted by molar-refractivity contribution is -0.119. The summed E-state index contributed by atoms with van der Waals surface area (Å²) in [6, 6.07) is 15.4. The number of likely N-dealkylation sites (N-methyl/N-ethyl adjacent to an activating group) is 1. The molecular formula is C33H33FN8O5S. The summed E-state index contributed by atoms with van der Waals surface area (Å²) in [5.74, 6) is -1.46. The van der Waals surface area contributed by atoms with Crippen molar-refractivity contribution in [1.29, 1.82) is 0 Å². The molecule has 3 heterocycles. The van der Waals surface area contributed by atoms with Crippen LogP contribution in [-0.2, 0) is 21.2 Å². The van der Waals surface area contributed by atoms with Gasteiger partial charge in [-0.2, -0.15) is 9.97 Å². The number of nitrogens with one attached hydrogen (secondary N) is 2. The van der Waals surface area contributed by atoms with Crippen LogP contribution < -0.4 is 26.0 Å². The van der Waals surface area contributed by atoms with Crippen molar-refractivity contribution in [3.8, 4) is 5.75 Å². The molecule has 0 spiro atoms. The number of aryl methyl sites for hydroxylation is 1. The van der Waals surface area contributed by atoms with Crippen LogP contribution in [0.5, 0.6) is 5.75 Å². The number of halogens is 1. The fraction of sp³-hybridized carbons (Fsp3) is 0.212. The highest BCUT2D eigenvalue weighted by atomic mass is 32.2. The lowest BCUT2D eigenvalue weighted by Gasteiger charge is -2.21. The number of nitrogens with zero attached hydrogens (tertiary/aromatic N) is 5. The largest absolute Gasteiger partial charge is 0.495 e. The van der Waals surface area contributed by atoms with Gasteiger partial charge in [-0.3, -0.25) is 9.59 Å². The van der Waals surface area contributed by atoms with Crippen molar-refractivity contribution in [3.05, 3.63) is 89.4 Å². The summed E-state index contributed by atoms with van der Waals surface area (Å²) < 4.78 is 49.1. The van der Waals surface area contributed by atoms with Gasteiger partial charge in [-0.25, -0.2) is 16.8 Å². The fourth-order valence-corrected chi connectivity index (χ4v) is 6.88. The smallest absolute Gasteiger partial charge is 0.269 e. The number of benzene rings is 3. The molecule has 0 saturated carbocycles. The van der Waals surface area contributed by atoms with E-state index in [0.717, 1.165) is 21.2 Å². The van der Waals surface area contributed by atoms with Crippen LogP contribution in [0.1, 0.15) is 21.5 Å². The molecule has 2 amide bonds. The van der Waals surface area contributed by atoms with E-state index in [1.165, 1.54) is 43.6 Å². The normalized spacial score (nSPS) is 12.8. The van der Waals surface area contributed by atoms with Gasteiger partial charge in [0.15, 0.2) is 5.65 Å². The first-order valence-electron chi connectivity index (χ1n) is 14.9. The number of carbonyl (C=O) groups is 2. The summed E-state index contributed by atoms with van der Waals surface area (Å²) in [4.78, 5) is 37.9. The SMILES string of the molecule is COc1cc2c(cc1Nc1nc(Nc3cccc(F)c3C(N)=O)c3ccn(S(=O)(=O)c4ccc(C)cc4)c3n1)N(C(=O)CN(C)C)CC2. The van der Waals surface area contributed by atoms with E-state index in [0.29, 0.717) is 30.1 Å². The van der Waals surface area contributed by atoms with Crippen LogP contribution in [0.15, 0.2) is 71.8 Å². The molecule has 2 aromatic heterocycles. The molecule has 13 nitrogen and oxygen atoms in total. The summed E-state index contributed by atoms with van der Waals surface area (Å²) in [6.07, 6.45) is 1.98. The predicted octanol–water partition coefficient (Wildman–Crippen LogP) is 4.16. The van der Waals surface area contributed by atoms with Gasteiger partial charge in [-0.05, 0) is 75.5 Å². The van der Waals surface area contributed by atoms with E-state index in [-0.39, 0.29) is 45.8 Å². The number of ether oxygens (including phenoxy) is 1. The summed E-state index contributed by atoms with van der Waals surface area (Å²) in [6.45, 7) is 2.58. The second-order valence-electron chi connectivity index (χ2n) is 11.6. The lowest BCUT2D eigenvalue weighted by Crippen LogP contribution is -2.36. The number of anilines is 5. The molecule has 0 radical (unpaired) electrons. The fourth-order valence-electron chi connectivity index (χ4n) is 5.58. The quantitative estimate of drug-likeness (QED) is 0.196. The van der Waals surface area contributed by atoms with Crippen molar-refractivity contribution in [1.82, 2.24) is 18.8 Å². The first kappa shape index (κ1) is 32.4. The van der Waals surface area contributed by atoms with Crippen LogP contribution in [-0.4, -0.2) is 73.4 Å². The molecule has 4 N–H and O–H groups in total. The van der Waals surface area contributed by atoms with Crippen molar-refractivity contribution in [3.63, 3.8) is 0 Å². The molecule has 0 fully saturated rings. The van der Waals surface area contributed by atoms with Gasteiger partial charge in [0.2, 0.25) is 11.9 Å². The van der Waals surface area contributed by atoms with Crippen LogP contribution in [0.4, 0.5) is 33.2 Å². The monoisotopic (exact) mass is 672 g/mol. The summed E-state index contributed by atoms with van der Waals surface area (Å²) in [7, 11) is 1.01. The van der Waals surface area contributed by atoms with Crippen LogP contribution in [0.2, 0.25) is 0 Å². The number of primary amides is 1. The van der Waals surface area contributed by atoms with E-state index in [1.54, 1.807) is 28.0 Å². The standard InChI is InChI=1S/C33H33FN8O5S/c1-19-8-10-21(11-9-19)48(45,46)42-15-13-22-31(36-24-7-5-6-23(34)29(24)30(35)44)38-33(39-32(22)42)37-25-17-26-20(16-27(25)47-4)12-14-41(26)28(43)18-40(2)3/h5-11,13,15-17H,12,14,18H2,1-4H3,(H2,35,44)(H2,36,37,38,39). The third kappa shape index (κ3) is 6.00. The maximum Gasteiger partial charge on any atom is 0.269 e. The topological polar surface area (TPSA) is 165 Å². The van der Waals surface area contributed by atoms with Crippen molar-refractivity contribution in [2.75, 3.05) is 49.8 Å². The Hall–Kier alpha value is -5.54. The third-order valence-corrected chi connectivity index (χ3v) is 9.58. The number of nitrogens with two attached hydrogens (primary N) is 1. The second kappa shape index (κ2) is 12.6. The van der Waals surface area contributed by atoms with Gasteiger partial charge < -0.3 is 30.9 Å². The lowest BCUT2D eigenvalue weighted by atomic mass is 10.1. The first-order chi connectivity index (χ1) is 22.9. The van der Waals surface area contributed by atoms with Crippen molar-refractivity contribution < 1.29 is 27.1 Å². The highest BCUT2D eigenvalue weighted by Gasteiger charge is 2.28. The summed E-state index contributed by atoms with van der Waals surface area (Å²) >= 11 is 0. The highest BCUT2D eigenvalue weighted by molar-refractivity contribution is 7.90. The molecule has 0 bridgehead atoms. The Morgan fingerprint density at radius 3 is 2.48 bits per heavy atom. The number of methoxy groups -OCH3 is 1. The molecular weight excluding hydrogens is 639 g/mol. The highest BCUT2D eigenvalue weighted by Crippen LogP contribution is 2.39. The van der Waals surface area contributed by atoms with Gasteiger partial charge in [0.05, 0.1) is 40.9 Å². The van der Waals surface area contributed by atoms with Crippen molar-refractivity contribution in [2.24, 2.45) is 5.73 Å². The Morgan fingerprint density at radius 1 is 1.04 bits per heavy atom. The molecule has 0 aliphatic carbocycles. The molecule has 0 saturated heterocycles. The van der Waals surface area contributed by atoms with E-state index < -0.39 is 27.3 Å². The van der Waals surface area contributed by atoms with E-state index in [2.05, 4.69) is 20.6 Å². The maximum absolute atomic E-state index is 14.7.